The van der Waals surface area contributed by atoms with E-state index < -0.39 is 10.7 Å². The van der Waals surface area contributed by atoms with E-state index in [0.717, 1.165) is 18.6 Å². The van der Waals surface area contributed by atoms with Gasteiger partial charge in [0, 0.05) is 0 Å². The van der Waals surface area contributed by atoms with Crippen molar-refractivity contribution >= 4 is 21.6 Å². The Morgan fingerprint density at radius 3 is 2.95 bits per heavy atom. The number of nitro benzene ring substituents is 1. The summed E-state index contributed by atoms with van der Waals surface area (Å²) in [6, 6.07) is 3.32. The highest BCUT2D eigenvalue weighted by Gasteiger charge is 2.19. The van der Waals surface area contributed by atoms with Crippen LogP contribution in [-0.4, -0.2) is 19.9 Å². The third kappa shape index (κ3) is 2.78. The van der Waals surface area contributed by atoms with E-state index >= 15 is 0 Å². The van der Waals surface area contributed by atoms with Gasteiger partial charge in [-0.15, -0.1) is 5.10 Å². The van der Waals surface area contributed by atoms with E-state index in [1.165, 1.54) is 10.7 Å². The van der Waals surface area contributed by atoms with Crippen LogP contribution in [-0.2, 0) is 0 Å². The van der Waals surface area contributed by atoms with Crippen molar-refractivity contribution < 1.29 is 9.31 Å². The number of nitrogens with zero attached hydrogens (tertiary/aromatic N) is 4. The highest BCUT2D eigenvalue weighted by molar-refractivity contribution is 9.09. The molecule has 6 nitrogen and oxygen atoms in total. The summed E-state index contributed by atoms with van der Waals surface area (Å²) in [5, 5.41) is 18.7. The summed E-state index contributed by atoms with van der Waals surface area (Å²) >= 11 is 3.42. The van der Waals surface area contributed by atoms with E-state index in [4.69, 9.17) is 0 Å². The second-order valence-electron chi connectivity index (χ2n) is 3.85. The number of hydrogen-bond donors (Lipinski definition) is 0. The Kier molecular flexibility index (Phi) is 3.89. The van der Waals surface area contributed by atoms with Crippen LogP contribution in [0.2, 0.25) is 0 Å². The lowest BCUT2D eigenvalue weighted by atomic mass is 10.2. The molecule has 0 amide bonds. The summed E-state index contributed by atoms with van der Waals surface area (Å²) in [4.78, 5) is 10.3. The molecule has 8 heteroatoms. The van der Waals surface area contributed by atoms with Crippen LogP contribution >= 0.6 is 15.9 Å². The number of benzene rings is 1. The first kappa shape index (κ1) is 13.6. The minimum Gasteiger partial charge on any atom is -0.258 e. The molecule has 0 aliphatic heterocycles. The maximum Gasteiger partial charge on any atom is 0.297 e. The molecule has 1 aromatic carbocycles. The zero-order valence-electron chi connectivity index (χ0n) is 9.96. The standard InChI is InChI=1S/C11H10BrFN4O2/c1-2-8(12)9-6-16(15-14-9)10-4-3-7(13)5-11(10)17(18)19/h3-6,8H,2H2,1H3. The molecular weight excluding hydrogens is 319 g/mol. The molecular formula is C11H10BrFN4O2. The van der Waals surface area contributed by atoms with Gasteiger partial charge >= 0.3 is 0 Å². The Balaban J connectivity index is 2.47. The quantitative estimate of drug-likeness (QED) is 0.491. The zero-order chi connectivity index (χ0) is 14.0. The summed E-state index contributed by atoms with van der Waals surface area (Å²) in [6.45, 7) is 1.97. The van der Waals surface area contributed by atoms with Crippen molar-refractivity contribution in [1.82, 2.24) is 15.0 Å². The van der Waals surface area contributed by atoms with Crippen molar-refractivity contribution in [2.75, 3.05) is 0 Å². The van der Waals surface area contributed by atoms with Gasteiger partial charge in [-0.1, -0.05) is 28.1 Å². The van der Waals surface area contributed by atoms with Crippen LogP contribution in [0.25, 0.3) is 5.69 Å². The number of alkyl halides is 1. The van der Waals surface area contributed by atoms with Crippen molar-refractivity contribution in [3.8, 4) is 5.69 Å². The second-order valence-corrected chi connectivity index (χ2v) is 4.96. The minimum absolute atomic E-state index is 0.0285. The number of halogens is 2. The predicted molar refractivity (Wildman–Crippen MR) is 69.9 cm³/mol. The third-order valence-corrected chi connectivity index (χ3v) is 3.69. The second kappa shape index (κ2) is 5.43. The van der Waals surface area contributed by atoms with E-state index in [2.05, 4.69) is 26.2 Å². The van der Waals surface area contributed by atoms with E-state index in [1.807, 2.05) is 6.92 Å². The van der Waals surface area contributed by atoms with Crippen LogP contribution in [0.4, 0.5) is 10.1 Å². The molecule has 0 aliphatic carbocycles. The molecule has 0 N–H and O–H groups in total. The van der Waals surface area contributed by atoms with Crippen molar-refractivity contribution in [3.05, 3.63) is 46.0 Å². The van der Waals surface area contributed by atoms with Crippen LogP contribution in [0, 0.1) is 15.9 Å². The summed E-state index contributed by atoms with van der Waals surface area (Å²) < 4.78 is 14.3. The van der Waals surface area contributed by atoms with E-state index in [-0.39, 0.29) is 16.2 Å². The Morgan fingerprint density at radius 1 is 1.58 bits per heavy atom. The molecule has 0 aliphatic rings. The fraction of sp³-hybridized carbons (Fsp3) is 0.273. The normalized spacial score (nSPS) is 12.4. The Labute approximate surface area is 116 Å². The van der Waals surface area contributed by atoms with Crippen LogP contribution in [0.5, 0.6) is 0 Å². The van der Waals surface area contributed by atoms with Gasteiger partial charge in [-0.05, 0) is 18.6 Å². The van der Waals surface area contributed by atoms with Crippen molar-refractivity contribution in [1.29, 1.82) is 0 Å². The lowest BCUT2D eigenvalue weighted by Gasteiger charge is -2.02. The molecule has 0 saturated heterocycles. The predicted octanol–water partition coefficient (Wildman–Crippen LogP) is 3.16. The molecule has 19 heavy (non-hydrogen) atoms. The maximum atomic E-state index is 13.1. The van der Waals surface area contributed by atoms with Gasteiger partial charge in [0.25, 0.3) is 5.69 Å². The van der Waals surface area contributed by atoms with Gasteiger partial charge in [-0.3, -0.25) is 10.1 Å². The summed E-state index contributed by atoms with van der Waals surface area (Å²) in [6.07, 6.45) is 2.40. The van der Waals surface area contributed by atoms with E-state index in [0.29, 0.717) is 5.69 Å². The molecule has 100 valence electrons. The zero-order valence-corrected chi connectivity index (χ0v) is 11.5. The topological polar surface area (TPSA) is 73.8 Å². The van der Waals surface area contributed by atoms with Gasteiger partial charge in [0.2, 0.25) is 0 Å². The highest BCUT2D eigenvalue weighted by Crippen LogP contribution is 2.27. The van der Waals surface area contributed by atoms with Crippen LogP contribution in [0.3, 0.4) is 0 Å². The summed E-state index contributed by atoms with van der Waals surface area (Å²) in [5.41, 5.74) is 0.501. The number of rotatable bonds is 4. The van der Waals surface area contributed by atoms with Crippen LogP contribution in [0.15, 0.2) is 24.4 Å². The average molecular weight is 329 g/mol. The average Bonchev–Trinajstić information content (AvgIpc) is 2.87. The molecule has 2 rings (SSSR count). The monoisotopic (exact) mass is 328 g/mol. The van der Waals surface area contributed by atoms with Crippen molar-refractivity contribution in [2.45, 2.75) is 18.2 Å². The molecule has 1 aromatic heterocycles. The first-order chi connectivity index (χ1) is 9.02. The van der Waals surface area contributed by atoms with Gasteiger partial charge in [0.15, 0.2) is 0 Å². The fourth-order valence-electron chi connectivity index (χ4n) is 1.58. The summed E-state index contributed by atoms with van der Waals surface area (Å²) in [5.74, 6) is -0.664. The van der Waals surface area contributed by atoms with Crippen LogP contribution in [0.1, 0.15) is 23.9 Å². The Bertz CT molecular complexity index is 616. The largest absolute Gasteiger partial charge is 0.297 e. The number of hydrogen-bond acceptors (Lipinski definition) is 4. The molecule has 0 bridgehead atoms. The van der Waals surface area contributed by atoms with Gasteiger partial charge in [0.05, 0.1) is 27.7 Å². The van der Waals surface area contributed by atoms with Gasteiger partial charge < -0.3 is 0 Å². The molecule has 0 fully saturated rings. The fourth-order valence-corrected chi connectivity index (χ4v) is 1.79. The number of aromatic nitrogens is 3. The van der Waals surface area contributed by atoms with Gasteiger partial charge in [-0.25, -0.2) is 9.07 Å². The van der Waals surface area contributed by atoms with Crippen molar-refractivity contribution in [3.63, 3.8) is 0 Å². The number of nitro groups is 1. The maximum absolute atomic E-state index is 13.1. The van der Waals surface area contributed by atoms with E-state index in [9.17, 15) is 14.5 Å². The lowest BCUT2D eigenvalue weighted by Crippen LogP contribution is -2.01. The smallest absolute Gasteiger partial charge is 0.258 e. The molecule has 1 atom stereocenters. The molecule has 0 spiro atoms. The van der Waals surface area contributed by atoms with Gasteiger partial charge in [-0.2, -0.15) is 0 Å². The SMILES string of the molecule is CCC(Br)c1cn(-c2ccc(F)cc2[N+](=O)[O-])nn1. The van der Waals surface area contributed by atoms with Crippen molar-refractivity contribution in [2.24, 2.45) is 0 Å². The van der Waals surface area contributed by atoms with Gasteiger partial charge in [0.1, 0.15) is 11.5 Å². The molecule has 0 radical (unpaired) electrons. The first-order valence-corrected chi connectivity index (χ1v) is 6.45. The lowest BCUT2D eigenvalue weighted by molar-refractivity contribution is -0.384. The first-order valence-electron chi connectivity index (χ1n) is 5.53. The molecule has 0 saturated carbocycles. The molecule has 1 unspecified atom stereocenters. The molecule has 2 aromatic rings. The molecule has 1 heterocycles. The van der Waals surface area contributed by atoms with Crippen LogP contribution < -0.4 is 0 Å². The Morgan fingerprint density at radius 2 is 2.32 bits per heavy atom. The minimum atomic E-state index is -0.664. The Hall–Kier alpha value is -1.83. The summed E-state index contributed by atoms with van der Waals surface area (Å²) in [7, 11) is 0. The van der Waals surface area contributed by atoms with E-state index in [1.54, 1.807) is 6.20 Å². The highest BCUT2D eigenvalue weighted by atomic mass is 79.9. The third-order valence-electron chi connectivity index (χ3n) is 2.57.